The number of esters is 2. The largest absolute Gasteiger partial charge is 0.497 e. The van der Waals surface area contributed by atoms with E-state index in [-0.39, 0.29) is 45.9 Å². The van der Waals surface area contributed by atoms with Crippen LogP contribution in [0.1, 0.15) is 52.9 Å². The van der Waals surface area contributed by atoms with Gasteiger partial charge in [0.25, 0.3) is 11.1 Å². The lowest BCUT2D eigenvalue weighted by molar-refractivity contribution is -0.141. The van der Waals surface area contributed by atoms with E-state index in [2.05, 4.69) is 0 Å². The number of unbranched alkanes of at least 4 members (excludes halogenated alkanes) is 1. The maximum atomic E-state index is 15.8. The summed E-state index contributed by atoms with van der Waals surface area (Å²) in [6.45, 7) is 3.58. The van der Waals surface area contributed by atoms with E-state index >= 15 is 18.8 Å². The van der Waals surface area contributed by atoms with Crippen LogP contribution in [0.15, 0.2) is 93.7 Å². The Hall–Kier alpha value is -6.08. The molecule has 0 aliphatic carbocycles. The smallest absolute Gasteiger partial charge is 0.355 e. The molecule has 55 heavy (non-hydrogen) atoms. The van der Waals surface area contributed by atoms with Crippen molar-refractivity contribution in [3.05, 3.63) is 138 Å². The van der Waals surface area contributed by atoms with Crippen molar-refractivity contribution >= 4 is 46.6 Å². The number of methoxy groups -OCH3 is 3. The minimum Gasteiger partial charge on any atom is -0.497 e. The van der Waals surface area contributed by atoms with E-state index in [9.17, 15) is 14.4 Å². The molecule has 12 nitrogen and oxygen atoms in total. The van der Waals surface area contributed by atoms with Gasteiger partial charge in [-0.1, -0.05) is 24.9 Å². The molecule has 0 fully saturated rings. The number of nitrogens with zero attached hydrogens (tertiary/aromatic N) is 3. The molecule has 4 aliphatic rings. The number of halogens is 2. The van der Waals surface area contributed by atoms with Gasteiger partial charge in [0, 0.05) is 28.4 Å². The second-order valence-electron chi connectivity index (χ2n) is 13.4. The maximum Gasteiger partial charge on any atom is 0.355 e. The van der Waals surface area contributed by atoms with Crippen LogP contribution in [0.5, 0.6) is 5.75 Å². The van der Waals surface area contributed by atoms with E-state index in [1.54, 1.807) is 0 Å². The highest BCUT2D eigenvalue weighted by Crippen LogP contribution is 2.62. The van der Waals surface area contributed by atoms with Crippen LogP contribution in [0.4, 0.5) is 15.8 Å². The van der Waals surface area contributed by atoms with Gasteiger partial charge >= 0.3 is 11.9 Å². The van der Waals surface area contributed by atoms with Gasteiger partial charge in [0.2, 0.25) is 5.91 Å². The average molecular weight is 768 g/mol. The molecule has 14 heteroatoms. The summed E-state index contributed by atoms with van der Waals surface area (Å²) in [6, 6.07) is 15.2. The molecule has 0 saturated heterocycles. The van der Waals surface area contributed by atoms with Gasteiger partial charge < -0.3 is 24.0 Å². The van der Waals surface area contributed by atoms with Gasteiger partial charge in [-0.05, 0) is 97.3 Å². The molecule has 282 valence electrons. The van der Waals surface area contributed by atoms with Gasteiger partial charge in [0.1, 0.15) is 28.4 Å². The third kappa shape index (κ3) is 5.39. The summed E-state index contributed by atoms with van der Waals surface area (Å²) < 4.78 is 32.4. The molecule has 1 aromatic heterocycles. The van der Waals surface area contributed by atoms with E-state index in [0.29, 0.717) is 23.6 Å². The van der Waals surface area contributed by atoms with Gasteiger partial charge in [-0.25, -0.2) is 18.5 Å². The predicted octanol–water partition coefficient (Wildman–Crippen LogP) is 5.37. The zero-order valence-corrected chi connectivity index (χ0v) is 31.2. The molecule has 4 aliphatic heterocycles. The Balaban J connectivity index is 1.72. The lowest BCUT2D eigenvalue weighted by Crippen LogP contribution is -2.63. The highest BCUT2D eigenvalue weighted by molar-refractivity contribution is 6.30. The summed E-state index contributed by atoms with van der Waals surface area (Å²) in [7, 11) is 3.52. The normalized spacial score (nSPS) is 19.4. The number of ketones is 1. The van der Waals surface area contributed by atoms with Gasteiger partial charge in [-0.3, -0.25) is 19.2 Å². The maximum absolute atomic E-state index is 15.8. The van der Waals surface area contributed by atoms with Crippen molar-refractivity contribution in [2.45, 2.75) is 38.1 Å². The van der Waals surface area contributed by atoms with Crippen LogP contribution in [0.3, 0.4) is 0 Å². The number of amides is 1. The Morgan fingerprint density at radius 2 is 1.55 bits per heavy atom. The second kappa shape index (κ2) is 14.0. The minimum absolute atomic E-state index is 0.00430. The summed E-state index contributed by atoms with van der Waals surface area (Å²) in [5.74, 6) is -6.24. The molecule has 0 saturated carbocycles. The molecule has 1 unspecified atom stereocenters. The first-order valence-corrected chi connectivity index (χ1v) is 17.8. The van der Waals surface area contributed by atoms with Gasteiger partial charge in [0.15, 0.2) is 5.78 Å². The van der Waals surface area contributed by atoms with Crippen LogP contribution in [-0.4, -0.2) is 56.1 Å². The highest BCUT2D eigenvalue weighted by atomic mass is 35.5. The molecular formula is C41H35ClFN3O9. The third-order valence-corrected chi connectivity index (χ3v) is 10.9. The molecule has 0 N–H and O–H groups in total. The Labute approximate surface area is 319 Å². The van der Waals surface area contributed by atoms with Crippen LogP contribution in [0.2, 0.25) is 5.02 Å². The number of rotatable bonds is 9. The second-order valence-corrected chi connectivity index (χ2v) is 13.9. The van der Waals surface area contributed by atoms with Gasteiger partial charge in [0.05, 0.1) is 44.5 Å². The zero-order valence-electron chi connectivity index (χ0n) is 30.5. The number of Topliss-reactive ketones (excluding diaryl/α,β-unsaturated/α-hetero) is 1. The molecule has 8 rings (SSSR count). The van der Waals surface area contributed by atoms with E-state index < -0.39 is 69.2 Å². The van der Waals surface area contributed by atoms with E-state index in [1.165, 1.54) is 85.7 Å². The first-order chi connectivity index (χ1) is 26.4. The first-order valence-electron chi connectivity index (χ1n) is 17.4. The van der Waals surface area contributed by atoms with E-state index in [4.69, 9.17) is 25.8 Å². The Morgan fingerprint density at radius 1 is 0.873 bits per heavy atom. The van der Waals surface area contributed by atoms with Crippen molar-refractivity contribution in [1.29, 1.82) is 0 Å². The SMILES string of the molecule is CCCCN1C(=O)[C@]2(c3cc(F)ccc31)C1c3cc(C)c(c(=O)n(-c4ccc(Cl)cc4)c3=O)N1C(C(=O)OC)=C(C(=O)OC)[C@@H]2C(=O)c1ccc(OC)cc1. The molecule has 3 aromatic carbocycles. The lowest BCUT2D eigenvalue weighted by Gasteiger charge is -2.52. The average Bonchev–Trinajstić information content (AvgIpc) is 3.30. The van der Waals surface area contributed by atoms with Crippen LogP contribution in [0.25, 0.3) is 5.69 Å². The molecular weight excluding hydrogens is 733 g/mol. The number of hydrogen-bond acceptors (Lipinski definition) is 10. The van der Waals surface area contributed by atoms with E-state index in [1.807, 2.05) is 6.92 Å². The summed E-state index contributed by atoms with van der Waals surface area (Å²) >= 11 is 6.17. The fraction of sp³-hybridized carbons (Fsp3) is 0.268. The van der Waals surface area contributed by atoms with Gasteiger partial charge in [-0.2, -0.15) is 0 Å². The Morgan fingerprint density at radius 3 is 2.16 bits per heavy atom. The number of benzene rings is 3. The van der Waals surface area contributed by atoms with Crippen LogP contribution in [-0.2, 0) is 29.3 Å². The van der Waals surface area contributed by atoms with Crippen LogP contribution in [0, 0.1) is 18.7 Å². The minimum atomic E-state index is -2.35. The third-order valence-electron chi connectivity index (χ3n) is 10.6. The first kappa shape index (κ1) is 37.2. The summed E-state index contributed by atoms with van der Waals surface area (Å²) in [5.41, 5.74) is -5.26. The monoisotopic (exact) mass is 767 g/mol. The van der Waals surface area contributed by atoms with Crippen LogP contribution >= 0.6 is 11.6 Å². The number of carbonyl (C=O) groups is 4. The van der Waals surface area contributed by atoms with Crippen molar-refractivity contribution < 1.29 is 37.8 Å². The summed E-state index contributed by atoms with van der Waals surface area (Å²) in [6.07, 6.45) is 1.14. The molecule has 0 radical (unpaired) electrons. The molecule has 1 amide bonds. The number of fused-ring (bicyclic) bond motifs is 5. The number of carbonyl (C=O) groups excluding carboxylic acids is 4. The molecule has 1 spiro atoms. The highest BCUT2D eigenvalue weighted by Gasteiger charge is 2.70. The summed E-state index contributed by atoms with van der Waals surface area (Å²) in [5, 5.41) is 0.327. The topological polar surface area (TPSA) is 142 Å². The summed E-state index contributed by atoms with van der Waals surface area (Å²) in [4.78, 5) is 92.2. The number of ether oxygens (including phenoxy) is 3. The van der Waals surface area contributed by atoms with Crippen molar-refractivity contribution in [3.8, 4) is 11.4 Å². The molecule has 3 atom stereocenters. The van der Waals surface area contributed by atoms with Gasteiger partial charge in [-0.15, -0.1) is 0 Å². The zero-order chi connectivity index (χ0) is 39.5. The quantitative estimate of drug-likeness (QED) is 0.161. The number of hydrogen-bond donors (Lipinski definition) is 0. The Bertz CT molecular complexity index is 2460. The predicted molar refractivity (Wildman–Crippen MR) is 200 cm³/mol. The van der Waals surface area contributed by atoms with Crippen molar-refractivity contribution in [1.82, 2.24) is 4.57 Å². The lowest BCUT2D eigenvalue weighted by atomic mass is 9.56. The van der Waals surface area contributed by atoms with Crippen molar-refractivity contribution in [2.75, 3.05) is 37.7 Å². The molecule has 4 aromatic rings. The fourth-order valence-electron chi connectivity index (χ4n) is 8.28. The van der Waals surface area contributed by atoms with Crippen molar-refractivity contribution in [2.24, 2.45) is 5.92 Å². The number of aromatic nitrogens is 1. The molecule has 2 bridgehead atoms. The molecule has 5 heterocycles. The van der Waals surface area contributed by atoms with Crippen LogP contribution < -0.4 is 25.7 Å². The fourth-order valence-corrected chi connectivity index (χ4v) is 8.40. The van der Waals surface area contributed by atoms with Crippen molar-refractivity contribution in [3.63, 3.8) is 0 Å². The number of anilines is 2. The van der Waals surface area contributed by atoms with E-state index in [0.717, 1.165) is 29.8 Å². The number of aryl methyl sites for hydroxylation is 1. The Kier molecular flexibility index (Phi) is 9.46. The standard InChI is InChI=1S/C41H35ClFN3O9/c1-6-7-18-44-29-17-12-24(43)20-28(29)41(40(44)52)31(34(47)22-8-15-26(53-3)16-9-22)30(38(50)54-4)33(39(51)55-5)46-32-21(2)19-27(35(41)46)36(48)45(37(32)49)25-13-10-23(42)11-14-25/h8-17,19-20,31,35H,6-7,18H2,1-5H3/t31-,35?,41+/m1/s1.